The molecule has 0 aliphatic carbocycles. The van der Waals surface area contributed by atoms with Crippen molar-refractivity contribution in [2.75, 3.05) is 31.2 Å². The van der Waals surface area contributed by atoms with Gasteiger partial charge in [0.1, 0.15) is 23.4 Å². The molecule has 1 saturated heterocycles. The van der Waals surface area contributed by atoms with Crippen LogP contribution in [0, 0.1) is 6.92 Å². The molecule has 186 valence electrons. The summed E-state index contributed by atoms with van der Waals surface area (Å²) in [5, 5.41) is 6.96. The lowest BCUT2D eigenvalue weighted by atomic mass is 10.0. The van der Waals surface area contributed by atoms with Gasteiger partial charge in [0, 0.05) is 18.3 Å². The van der Waals surface area contributed by atoms with Crippen molar-refractivity contribution in [2.45, 2.75) is 38.0 Å². The van der Waals surface area contributed by atoms with Crippen LogP contribution in [0.5, 0.6) is 0 Å². The Labute approximate surface area is 195 Å². The number of anilines is 2. The summed E-state index contributed by atoms with van der Waals surface area (Å²) in [4.78, 5) is 14.3. The minimum Gasteiger partial charge on any atom is -0.382 e. The van der Waals surface area contributed by atoms with Gasteiger partial charge in [-0.25, -0.2) is 23.3 Å². The van der Waals surface area contributed by atoms with E-state index in [1.165, 1.54) is 11.4 Å². The number of imidazole rings is 1. The highest BCUT2D eigenvalue weighted by Crippen LogP contribution is 2.32. The van der Waals surface area contributed by atoms with Crippen molar-refractivity contribution in [2.24, 2.45) is 0 Å². The summed E-state index contributed by atoms with van der Waals surface area (Å²) < 4.78 is 70.4. The number of piperidine rings is 1. The predicted octanol–water partition coefficient (Wildman–Crippen LogP) is 3.35. The molecule has 1 aliphatic heterocycles. The number of nitrogen functional groups attached to an aromatic ring is 1. The Morgan fingerprint density at radius 1 is 1.17 bits per heavy atom. The lowest BCUT2D eigenvalue weighted by molar-refractivity contribution is -0.140. The van der Waals surface area contributed by atoms with Crippen molar-refractivity contribution in [1.82, 2.24) is 34.0 Å². The number of nitrogens with zero attached hydrogens (tertiary/aromatic N) is 7. The number of halogens is 5. The van der Waals surface area contributed by atoms with Gasteiger partial charge < -0.3 is 20.5 Å². The fraction of sp³-hybridized carbons (Fsp3) is 0.429. The van der Waals surface area contributed by atoms with Gasteiger partial charge in [0.05, 0.1) is 18.3 Å². The topological polar surface area (TPSA) is 102 Å². The molecule has 1 aliphatic rings. The number of aromatic nitrogens is 6. The van der Waals surface area contributed by atoms with Crippen LogP contribution >= 0.6 is 0 Å². The summed E-state index contributed by atoms with van der Waals surface area (Å²) in [5.41, 5.74) is 7.76. The molecule has 1 fully saturated rings. The number of rotatable bonds is 4. The maximum absolute atomic E-state index is 14.4. The Morgan fingerprint density at radius 2 is 1.94 bits per heavy atom. The summed E-state index contributed by atoms with van der Waals surface area (Å²) >= 11 is 0. The Kier molecular flexibility index (Phi) is 5.30. The number of alkyl halides is 5. The van der Waals surface area contributed by atoms with Crippen molar-refractivity contribution in [3.63, 3.8) is 0 Å². The highest BCUT2D eigenvalue weighted by Gasteiger charge is 2.44. The van der Waals surface area contributed by atoms with Crippen LogP contribution in [-0.2, 0) is 6.54 Å². The number of nitrogens with one attached hydrogen (secondary N) is 1. The molecule has 5 rings (SSSR count). The Balaban J connectivity index is 1.51. The second kappa shape index (κ2) is 8.00. The number of aryl methyl sites for hydroxylation is 1. The van der Waals surface area contributed by atoms with Crippen LogP contribution in [0.25, 0.3) is 27.9 Å². The van der Waals surface area contributed by atoms with Gasteiger partial charge in [0.15, 0.2) is 11.5 Å². The largest absolute Gasteiger partial charge is 0.406 e. The normalized spacial score (nSPS) is 19.0. The molecule has 3 N–H and O–H groups in total. The maximum atomic E-state index is 14.4. The van der Waals surface area contributed by atoms with E-state index in [0.717, 1.165) is 4.57 Å². The first-order valence-corrected chi connectivity index (χ1v) is 10.8. The van der Waals surface area contributed by atoms with E-state index in [2.05, 4.69) is 25.4 Å². The molecule has 4 aromatic rings. The van der Waals surface area contributed by atoms with E-state index in [9.17, 15) is 22.0 Å². The number of nitrogens with two attached hydrogens (primary N) is 1. The van der Waals surface area contributed by atoms with Crippen molar-refractivity contribution in [1.29, 1.82) is 0 Å². The minimum absolute atomic E-state index is 0.0145. The van der Waals surface area contributed by atoms with Crippen molar-refractivity contribution < 1.29 is 22.0 Å². The fourth-order valence-corrected chi connectivity index (χ4v) is 4.40. The van der Waals surface area contributed by atoms with E-state index in [-0.39, 0.29) is 36.2 Å². The average molecular weight is 495 g/mol. The smallest absolute Gasteiger partial charge is 0.382 e. The fourth-order valence-electron chi connectivity index (χ4n) is 4.40. The quantitative estimate of drug-likeness (QED) is 0.419. The summed E-state index contributed by atoms with van der Waals surface area (Å²) in [5.74, 6) is -2.82. The van der Waals surface area contributed by atoms with Crippen LogP contribution in [0.3, 0.4) is 0 Å². The number of likely N-dealkylation sites (tertiary alicyclic amines) is 1. The van der Waals surface area contributed by atoms with E-state index >= 15 is 0 Å². The zero-order valence-corrected chi connectivity index (χ0v) is 18.8. The van der Waals surface area contributed by atoms with E-state index < -0.39 is 24.7 Å². The second-order valence-corrected chi connectivity index (χ2v) is 8.73. The number of hydrogen-bond acceptors (Lipinski definition) is 7. The van der Waals surface area contributed by atoms with Crippen molar-refractivity contribution in [3.8, 4) is 11.3 Å². The third-order valence-corrected chi connectivity index (χ3v) is 6.03. The Morgan fingerprint density at radius 3 is 2.66 bits per heavy atom. The van der Waals surface area contributed by atoms with Gasteiger partial charge in [0.2, 0.25) is 5.95 Å². The molecule has 0 saturated carbocycles. The molecule has 35 heavy (non-hydrogen) atoms. The van der Waals surface area contributed by atoms with Crippen molar-refractivity contribution in [3.05, 3.63) is 30.2 Å². The van der Waals surface area contributed by atoms with Crippen LogP contribution in [0.1, 0.15) is 12.2 Å². The van der Waals surface area contributed by atoms with Gasteiger partial charge in [-0.1, -0.05) is 0 Å². The first-order valence-electron chi connectivity index (χ1n) is 10.8. The molecule has 0 bridgehead atoms. The summed E-state index contributed by atoms with van der Waals surface area (Å²) in [6, 6.07) is 3.69. The molecule has 14 heteroatoms. The molecular formula is C21H22F5N9. The molecule has 0 aromatic carbocycles. The standard InChI is InChI=1S/C21H22F5N9/c1-11-28-14-4-3-13(29-18(14)34(11)10-21(24,25)26)12-5-8-35-16(12)17(27)31-19(32-35)30-15-6-7-33(2)9-20(15,22)23/h3-5,8,15H,6-7,9-10H2,1-2H3,(H3,27,30,31,32)/t15-/m1/s1. The SMILES string of the molecule is Cc1nc2ccc(-c3ccn4nc(N[C@@H]5CCN(C)CC5(F)F)nc(N)c34)nc2n1CC(F)(F)F. The van der Waals surface area contributed by atoms with Gasteiger partial charge in [-0.3, -0.25) is 0 Å². The number of pyridine rings is 1. The molecule has 0 amide bonds. The molecule has 9 nitrogen and oxygen atoms in total. The Hall–Kier alpha value is -3.55. The lowest BCUT2D eigenvalue weighted by Crippen LogP contribution is -2.53. The molecule has 5 heterocycles. The molecule has 1 atom stereocenters. The molecular weight excluding hydrogens is 473 g/mol. The zero-order chi connectivity index (χ0) is 25.1. The van der Waals surface area contributed by atoms with Gasteiger partial charge in [-0.2, -0.15) is 18.2 Å². The minimum atomic E-state index is -4.44. The zero-order valence-electron chi connectivity index (χ0n) is 18.8. The average Bonchev–Trinajstić information content (AvgIpc) is 3.30. The lowest BCUT2D eigenvalue weighted by Gasteiger charge is -2.36. The van der Waals surface area contributed by atoms with Crippen LogP contribution in [0.4, 0.5) is 33.7 Å². The third-order valence-electron chi connectivity index (χ3n) is 6.03. The number of hydrogen-bond donors (Lipinski definition) is 2. The van der Waals surface area contributed by atoms with Crippen LogP contribution in [-0.4, -0.2) is 72.3 Å². The summed E-state index contributed by atoms with van der Waals surface area (Å²) in [7, 11) is 1.63. The predicted molar refractivity (Wildman–Crippen MR) is 119 cm³/mol. The number of fused-ring (bicyclic) bond motifs is 2. The molecule has 0 unspecified atom stereocenters. The third kappa shape index (κ3) is 4.33. The maximum Gasteiger partial charge on any atom is 0.406 e. The van der Waals surface area contributed by atoms with E-state index in [0.29, 0.717) is 28.8 Å². The molecule has 4 aromatic heterocycles. The molecule has 0 spiro atoms. The Bertz CT molecular complexity index is 1410. The van der Waals surface area contributed by atoms with E-state index in [1.54, 1.807) is 36.3 Å². The monoisotopic (exact) mass is 495 g/mol. The van der Waals surface area contributed by atoms with Crippen LogP contribution in [0.15, 0.2) is 24.4 Å². The molecule has 0 radical (unpaired) electrons. The first kappa shape index (κ1) is 23.2. The van der Waals surface area contributed by atoms with Crippen molar-refractivity contribution >= 4 is 28.4 Å². The first-order chi connectivity index (χ1) is 16.4. The summed E-state index contributed by atoms with van der Waals surface area (Å²) in [6.07, 6.45) is -2.67. The summed E-state index contributed by atoms with van der Waals surface area (Å²) in [6.45, 7) is 0.380. The highest BCUT2D eigenvalue weighted by atomic mass is 19.4. The van der Waals surface area contributed by atoms with Crippen LogP contribution in [0.2, 0.25) is 0 Å². The van der Waals surface area contributed by atoms with Gasteiger partial charge in [-0.15, -0.1) is 5.10 Å². The highest BCUT2D eigenvalue weighted by molar-refractivity contribution is 5.88. The van der Waals surface area contributed by atoms with Gasteiger partial charge in [0.25, 0.3) is 5.92 Å². The van der Waals surface area contributed by atoms with E-state index in [4.69, 9.17) is 5.73 Å². The van der Waals surface area contributed by atoms with E-state index in [1.807, 2.05) is 0 Å². The van der Waals surface area contributed by atoms with Gasteiger partial charge >= 0.3 is 6.18 Å². The second-order valence-electron chi connectivity index (χ2n) is 8.73. The van der Waals surface area contributed by atoms with Crippen LogP contribution < -0.4 is 11.1 Å². The van der Waals surface area contributed by atoms with Gasteiger partial charge in [-0.05, 0) is 38.6 Å².